The minimum absolute atomic E-state index is 0.575. The molecule has 6 nitrogen and oxygen atoms in total. The maximum absolute atomic E-state index is 6.34. The summed E-state index contributed by atoms with van der Waals surface area (Å²) in [4.78, 5) is 9.69. The first-order chi connectivity index (χ1) is 43.2. The summed E-state index contributed by atoms with van der Waals surface area (Å²) in [6.07, 6.45) is 31.7. The van der Waals surface area contributed by atoms with Gasteiger partial charge in [-0.15, -0.1) is 0 Å². The van der Waals surface area contributed by atoms with Gasteiger partial charge in [-0.25, -0.2) is 0 Å². The van der Waals surface area contributed by atoms with E-state index in [1.807, 2.05) is 12.4 Å². The minimum atomic E-state index is 0.575. The molecular weight excluding hydrogens is 1080 g/mol. The van der Waals surface area contributed by atoms with Crippen LogP contribution < -0.4 is 18.9 Å². The molecule has 8 aromatic rings. The summed E-state index contributed by atoms with van der Waals surface area (Å²) in [6, 6.07) is 56.5. The van der Waals surface area contributed by atoms with E-state index in [0.717, 1.165) is 153 Å². The van der Waals surface area contributed by atoms with Crippen molar-refractivity contribution in [2.75, 3.05) is 26.4 Å². The minimum Gasteiger partial charge on any atom is -0.493 e. The van der Waals surface area contributed by atoms with Gasteiger partial charge in [0.15, 0.2) is 0 Å². The van der Waals surface area contributed by atoms with Crippen molar-refractivity contribution in [2.45, 2.75) is 158 Å². The number of pyridine rings is 2. The number of benzene rings is 6. The molecule has 0 N–H and O–H groups in total. The molecule has 0 radical (unpaired) electrons. The Bertz CT molecular complexity index is 2970. The molecule has 8 rings (SSSR count). The van der Waals surface area contributed by atoms with E-state index in [-0.39, 0.29) is 0 Å². The topological polar surface area (TPSA) is 62.7 Å². The van der Waals surface area contributed by atoms with E-state index >= 15 is 0 Å². The van der Waals surface area contributed by atoms with Gasteiger partial charge < -0.3 is 18.9 Å². The first-order valence-electron chi connectivity index (χ1n) is 33.7. The Morgan fingerprint density at radius 2 is 0.534 bits per heavy atom. The molecule has 88 heavy (non-hydrogen) atoms. The zero-order valence-corrected chi connectivity index (χ0v) is 54.5. The molecule has 0 saturated carbocycles. The molecule has 0 saturated heterocycles. The molecule has 6 aromatic carbocycles. The second-order valence-corrected chi connectivity index (χ2v) is 24.3. The predicted octanol–water partition coefficient (Wildman–Crippen LogP) is 23.5. The lowest BCUT2D eigenvalue weighted by Gasteiger charge is -2.16. The van der Waals surface area contributed by atoms with Crippen LogP contribution in [0.25, 0.3) is 80.2 Å². The SMILES string of the molecule is CCCCC(CC)COc1ccc(-c2cc(C=Cc3ccnc(-c4cc(C=Cc5cc(-c6ccc(OCC(CC)CCCC)cc6)cc(-c6ccc(OCC(CC)CCCC)cc6)c5)ccn4)c3)cc(-c3ccc(OCC(CC)CCCC)cc3)c2)cc1. The molecule has 0 aliphatic carbocycles. The van der Waals surface area contributed by atoms with Crippen molar-refractivity contribution in [1.29, 1.82) is 0 Å². The average Bonchev–Trinajstić information content (AvgIpc) is 3.73. The van der Waals surface area contributed by atoms with E-state index in [4.69, 9.17) is 28.9 Å². The molecule has 2 aromatic heterocycles. The molecule has 462 valence electrons. The summed E-state index contributed by atoms with van der Waals surface area (Å²) in [7, 11) is 0. The Kier molecular flexibility index (Phi) is 27.1. The van der Waals surface area contributed by atoms with Crippen molar-refractivity contribution < 1.29 is 18.9 Å². The molecule has 0 aliphatic rings. The molecule has 4 unspecified atom stereocenters. The van der Waals surface area contributed by atoms with E-state index in [1.54, 1.807) is 0 Å². The second-order valence-electron chi connectivity index (χ2n) is 24.3. The van der Waals surface area contributed by atoms with Crippen LogP contribution in [0.4, 0.5) is 0 Å². The highest BCUT2D eigenvalue weighted by Gasteiger charge is 2.14. The fourth-order valence-electron chi connectivity index (χ4n) is 11.4. The predicted molar refractivity (Wildman–Crippen MR) is 375 cm³/mol. The number of ether oxygens (including phenoxy) is 4. The Hall–Kier alpha value is -7.70. The van der Waals surface area contributed by atoms with E-state index in [9.17, 15) is 0 Å². The largest absolute Gasteiger partial charge is 0.493 e. The van der Waals surface area contributed by atoms with Crippen LogP contribution in [0.3, 0.4) is 0 Å². The zero-order valence-electron chi connectivity index (χ0n) is 54.5. The third kappa shape index (κ3) is 20.7. The number of hydrogen-bond acceptors (Lipinski definition) is 6. The highest BCUT2D eigenvalue weighted by molar-refractivity contribution is 5.83. The fraction of sp³-hybridized carbons (Fsp3) is 0.390. The Morgan fingerprint density at radius 1 is 0.284 bits per heavy atom. The smallest absolute Gasteiger partial charge is 0.119 e. The Morgan fingerprint density at radius 3 is 0.773 bits per heavy atom. The van der Waals surface area contributed by atoms with Gasteiger partial charge in [0.2, 0.25) is 0 Å². The van der Waals surface area contributed by atoms with Gasteiger partial charge >= 0.3 is 0 Å². The first kappa shape index (κ1) is 66.3. The van der Waals surface area contributed by atoms with Gasteiger partial charge in [-0.05, 0) is 225 Å². The van der Waals surface area contributed by atoms with Crippen LogP contribution in [-0.2, 0) is 0 Å². The molecule has 0 amide bonds. The summed E-state index contributed by atoms with van der Waals surface area (Å²) < 4.78 is 25.4. The summed E-state index contributed by atoms with van der Waals surface area (Å²) in [5, 5.41) is 0. The van der Waals surface area contributed by atoms with Gasteiger partial charge in [0.05, 0.1) is 37.8 Å². The van der Waals surface area contributed by atoms with E-state index in [0.29, 0.717) is 23.7 Å². The van der Waals surface area contributed by atoms with Crippen molar-refractivity contribution in [2.24, 2.45) is 23.7 Å². The van der Waals surface area contributed by atoms with Crippen molar-refractivity contribution in [3.63, 3.8) is 0 Å². The lowest BCUT2D eigenvalue weighted by molar-refractivity contribution is 0.233. The normalized spacial score (nSPS) is 13.0. The van der Waals surface area contributed by atoms with Crippen LogP contribution >= 0.6 is 0 Å². The van der Waals surface area contributed by atoms with Gasteiger partial charge in [0, 0.05) is 12.4 Å². The van der Waals surface area contributed by atoms with Crippen LogP contribution in [-0.4, -0.2) is 36.4 Å². The summed E-state index contributed by atoms with van der Waals surface area (Å²) in [5.41, 5.74) is 15.0. The van der Waals surface area contributed by atoms with Crippen LogP contribution in [0.5, 0.6) is 23.0 Å². The van der Waals surface area contributed by atoms with Crippen LogP contribution in [0.2, 0.25) is 0 Å². The number of nitrogens with zero attached hydrogens (tertiary/aromatic N) is 2. The standard InChI is InChI=1S/C82H100N2O4/c1-9-17-21-61(13-5)57-85-77-37-29-69(30-38-77)73-49-67(50-74(55-73)70-31-39-78(40-32-70)86-58-62(14-6)22-18-10-2)27-25-65-45-47-83-81(53-65)82-54-66(46-48-84-82)26-28-68-51-75(71-33-41-79(42-34-71)87-59-63(15-7)23-19-11-3)56-76(52-68)72-35-43-80(44-36-72)88-60-64(16-8)24-20-12-4/h25-56,61-64H,9-24,57-60H2,1-8H3. The van der Waals surface area contributed by atoms with Crippen LogP contribution in [0.1, 0.15) is 180 Å². The zero-order chi connectivity index (χ0) is 61.7. The summed E-state index contributed by atoms with van der Waals surface area (Å²) in [5.74, 6) is 5.96. The summed E-state index contributed by atoms with van der Waals surface area (Å²) >= 11 is 0. The number of hydrogen-bond donors (Lipinski definition) is 0. The molecule has 0 bridgehead atoms. The molecule has 2 heterocycles. The lowest BCUT2D eigenvalue weighted by Crippen LogP contribution is -2.11. The van der Waals surface area contributed by atoms with E-state index < -0.39 is 0 Å². The number of aromatic nitrogens is 2. The van der Waals surface area contributed by atoms with E-state index in [1.165, 1.54) is 77.0 Å². The maximum atomic E-state index is 6.34. The first-order valence-corrected chi connectivity index (χ1v) is 33.7. The van der Waals surface area contributed by atoms with Gasteiger partial charge in [0.1, 0.15) is 23.0 Å². The van der Waals surface area contributed by atoms with Crippen molar-refractivity contribution in [1.82, 2.24) is 9.97 Å². The fourth-order valence-corrected chi connectivity index (χ4v) is 11.4. The lowest BCUT2D eigenvalue weighted by atomic mass is 9.95. The third-order valence-electron chi connectivity index (χ3n) is 17.5. The second kappa shape index (κ2) is 35.9. The van der Waals surface area contributed by atoms with Crippen LogP contribution in [0.15, 0.2) is 170 Å². The van der Waals surface area contributed by atoms with Gasteiger partial charge in [-0.3, -0.25) is 9.97 Å². The van der Waals surface area contributed by atoms with Gasteiger partial charge in [-0.1, -0.05) is 205 Å². The van der Waals surface area contributed by atoms with Gasteiger partial charge in [0.25, 0.3) is 0 Å². The van der Waals surface area contributed by atoms with Crippen molar-refractivity contribution >= 4 is 24.3 Å². The molecule has 0 aliphatic heterocycles. The monoisotopic (exact) mass is 1180 g/mol. The van der Waals surface area contributed by atoms with Crippen molar-refractivity contribution in [3.05, 3.63) is 192 Å². The van der Waals surface area contributed by atoms with Crippen LogP contribution in [0, 0.1) is 23.7 Å². The van der Waals surface area contributed by atoms with E-state index in [2.05, 4.69) is 237 Å². The molecule has 0 spiro atoms. The average molecular weight is 1180 g/mol. The molecule has 4 atom stereocenters. The highest BCUT2D eigenvalue weighted by Crippen LogP contribution is 2.35. The quantitative estimate of drug-likeness (QED) is 0.0387. The molecule has 0 fully saturated rings. The molecular formula is C82H100N2O4. The highest BCUT2D eigenvalue weighted by atomic mass is 16.5. The van der Waals surface area contributed by atoms with Crippen molar-refractivity contribution in [3.8, 4) is 78.9 Å². The van der Waals surface area contributed by atoms with Gasteiger partial charge in [-0.2, -0.15) is 0 Å². The Labute approximate surface area is 529 Å². The number of unbranched alkanes of at least 4 members (excludes halogenated alkanes) is 4. The third-order valence-corrected chi connectivity index (χ3v) is 17.5. The number of rotatable bonds is 37. The molecule has 6 heteroatoms. The summed E-state index contributed by atoms with van der Waals surface area (Å²) in [6.45, 7) is 21.1. The maximum Gasteiger partial charge on any atom is 0.119 e. The Balaban J connectivity index is 1.03.